The maximum atomic E-state index is 11.1. The Bertz CT molecular complexity index is 236. The number of carbonyl (C=O) groups is 1. The second kappa shape index (κ2) is 4.96. The first-order chi connectivity index (χ1) is 6.97. The van der Waals surface area contributed by atoms with Crippen molar-refractivity contribution in [2.75, 3.05) is 13.1 Å². The third kappa shape index (κ3) is 2.93. The van der Waals surface area contributed by atoms with Crippen LogP contribution in [0, 0.1) is 11.3 Å². The zero-order valence-electron chi connectivity index (χ0n) is 8.94. The molecule has 15 heavy (non-hydrogen) atoms. The SMILES string of the molecule is C[C@@]1(C(=O)O)CNCC1CCCB(O)O. The highest BCUT2D eigenvalue weighted by atomic mass is 16.4. The number of carboxylic acid groups (broad SMARTS) is 1. The lowest BCUT2D eigenvalue weighted by molar-refractivity contribution is -0.149. The molecular weight excluding hydrogens is 197 g/mol. The number of carboxylic acids is 1. The van der Waals surface area contributed by atoms with Crippen LogP contribution in [0.4, 0.5) is 0 Å². The average molecular weight is 215 g/mol. The fourth-order valence-corrected chi connectivity index (χ4v) is 2.09. The van der Waals surface area contributed by atoms with Crippen molar-refractivity contribution in [1.82, 2.24) is 5.32 Å². The van der Waals surface area contributed by atoms with E-state index >= 15 is 0 Å². The van der Waals surface area contributed by atoms with Gasteiger partial charge in [-0.15, -0.1) is 0 Å². The molecule has 1 aliphatic rings. The van der Waals surface area contributed by atoms with Gasteiger partial charge in [0.25, 0.3) is 0 Å². The van der Waals surface area contributed by atoms with Gasteiger partial charge in [0, 0.05) is 6.54 Å². The molecule has 0 saturated carbocycles. The van der Waals surface area contributed by atoms with Crippen LogP contribution in [0.5, 0.6) is 0 Å². The van der Waals surface area contributed by atoms with Crippen molar-refractivity contribution < 1.29 is 19.9 Å². The highest BCUT2D eigenvalue weighted by Gasteiger charge is 2.44. The van der Waals surface area contributed by atoms with Crippen LogP contribution in [0.3, 0.4) is 0 Å². The highest BCUT2D eigenvalue weighted by molar-refractivity contribution is 6.40. The smallest absolute Gasteiger partial charge is 0.451 e. The third-order valence-corrected chi connectivity index (χ3v) is 3.29. The number of hydrogen-bond donors (Lipinski definition) is 4. The largest absolute Gasteiger partial charge is 0.481 e. The van der Waals surface area contributed by atoms with E-state index in [9.17, 15) is 4.79 Å². The molecule has 4 N–H and O–H groups in total. The molecule has 0 aromatic carbocycles. The normalized spacial score (nSPS) is 30.5. The summed E-state index contributed by atoms with van der Waals surface area (Å²) < 4.78 is 0. The van der Waals surface area contributed by atoms with Crippen LogP contribution >= 0.6 is 0 Å². The first kappa shape index (κ1) is 12.5. The van der Waals surface area contributed by atoms with E-state index in [0.717, 1.165) is 0 Å². The Balaban J connectivity index is 2.43. The van der Waals surface area contributed by atoms with Crippen molar-refractivity contribution in [2.24, 2.45) is 11.3 Å². The van der Waals surface area contributed by atoms with Gasteiger partial charge in [0.05, 0.1) is 5.41 Å². The quantitative estimate of drug-likeness (QED) is 0.466. The van der Waals surface area contributed by atoms with Gasteiger partial charge < -0.3 is 20.5 Å². The summed E-state index contributed by atoms with van der Waals surface area (Å²) in [5, 5.41) is 29.6. The summed E-state index contributed by atoms with van der Waals surface area (Å²) in [5.74, 6) is -0.698. The predicted octanol–water partition coefficient (Wildman–Crippen LogP) is -0.450. The average Bonchev–Trinajstić information content (AvgIpc) is 2.49. The van der Waals surface area contributed by atoms with Crippen LogP contribution in [0.2, 0.25) is 6.32 Å². The molecule has 0 aromatic heterocycles. The first-order valence-corrected chi connectivity index (χ1v) is 5.27. The minimum atomic E-state index is -1.28. The maximum absolute atomic E-state index is 11.1. The third-order valence-electron chi connectivity index (χ3n) is 3.29. The van der Waals surface area contributed by atoms with Crippen molar-refractivity contribution in [3.05, 3.63) is 0 Å². The second-order valence-corrected chi connectivity index (χ2v) is 4.46. The van der Waals surface area contributed by atoms with E-state index in [1.165, 1.54) is 0 Å². The molecule has 1 rings (SSSR count). The van der Waals surface area contributed by atoms with Crippen molar-refractivity contribution in [1.29, 1.82) is 0 Å². The Labute approximate surface area is 89.6 Å². The van der Waals surface area contributed by atoms with Crippen LogP contribution in [-0.2, 0) is 4.79 Å². The minimum absolute atomic E-state index is 0.0775. The molecule has 0 spiro atoms. The lowest BCUT2D eigenvalue weighted by Gasteiger charge is -2.25. The molecule has 0 amide bonds. The van der Waals surface area contributed by atoms with E-state index in [1.807, 2.05) is 0 Å². The Morgan fingerprint density at radius 3 is 2.80 bits per heavy atom. The lowest BCUT2D eigenvalue weighted by Crippen LogP contribution is -2.35. The predicted molar refractivity (Wildman–Crippen MR) is 56.3 cm³/mol. The van der Waals surface area contributed by atoms with Crippen molar-refractivity contribution in [3.8, 4) is 0 Å². The molecule has 1 unspecified atom stereocenters. The van der Waals surface area contributed by atoms with Gasteiger partial charge in [-0.3, -0.25) is 4.79 Å². The van der Waals surface area contributed by atoms with Gasteiger partial charge in [0.15, 0.2) is 0 Å². The van der Waals surface area contributed by atoms with Gasteiger partial charge in [0.2, 0.25) is 0 Å². The molecule has 86 valence electrons. The van der Waals surface area contributed by atoms with E-state index in [2.05, 4.69) is 5.32 Å². The summed E-state index contributed by atoms with van der Waals surface area (Å²) >= 11 is 0. The van der Waals surface area contributed by atoms with Crippen molar-refractivity contribution in [3.63, 3.8) is 0 Å². The molecule has 1 fully saturated rings. The fourth-order valence-electron chi connectivity index (χ4n) is 2.09. The minimum Gasteiger partial charge on any atom is -0.481 e. The first-order valence-electron chi connectivity index (χ1n) is 5.27. The topological polar surface area (TPSA) is 89.8 Å². The van der Waals surface area contributed by atoms with Crippen molar-refractivity contribution in [2.45, 2.75) is 26.1 Å². The van der Waals surface area contributed by atoms with Gasteiger partial charge in [0.1, 0.15) is 0 Å². The zero-order chi connectivity index (χ0) is 11.5. The molecular formula is C9H18BNO4. The van der Waals surface area contributed by atoms with E-state index in [0.29, 0.717) is 32.3 Å². The standard InChI is InChI=1S/C9H18BNO4/c1-9(8(12)13)6-11-5-7(9)3-2-4-10(14)15/h7,11,14-15H,2-6H2,1H3,(H,12,13)/t7?,9-/m1/s1. The molecule has 1 aliphatic heterocycles. The molecule has 0 aromatic rings. The van der Waals surface area contributed by atoms with E-state index in [4.69, 9.17) is 15.2 Å². The summed E-state index contributed by atoms with van der Waals surface area (Å²) in [4.78, 5) is 11.1. The number of rotatable bonds is 5. The van der Waals surface area contributed by atoms with Crippen LogP contribution in [0.1, 0.15) is 19.8 Å². The van der Waals surface area contributed by atoms with E-state index in [-0.39, 0.29) is 5.92 Å². The van der Waals surface area contributed by atoms with Gasteiger partial charge >= 0.3 is 13.1 Å². The van der Waals surface area contributed by atoms with Crippen LogP contribution < -0.4 is 5.32 Å². The fraction of sp³-hybridized carbons (Fsp3) is 0.889. The van der Waals surface area contributed by atoms with Crippen molar-refractivity contribution >= 4 is 13.1 Å². The molecule has 5 nitrogen and oxygen atoms in total. The summed E-state index contributed by atoms with van der Waals surface area (Å²) in [6, 6.07) is 0. The van der Waals surface area contributed by atoms with Gasteiger partial charge in [-0.05, 0) is 32.1 Å². The van der Waals surface area contributed by atoms with Crippen LogP contribution in [0.25, 0.3) is 0 Å². The summed E-state index contributed by atoms with van der Waals surface area (Å²) in [5.41, 5.74) is -0.708. The molecule has 1 heterocycles. The Kier molecular flexibility index (Phi) is 4.13. The van der Waals surface area contributed by atoms with Crippen LogP contribution in [-0.4, -0.2) is 41.3 Å². The van der Waals surface area contributed by atoms with Gasteiger partial charge in [-0.25, -0.2) is 0 Å². The zero-order valence-corrected chi connectivity index (χ0v) is 8.94. The second-order valence-electron chi connectivity index (χ2n) is 4.46. The number of hydrogen-bond acceptors (Lipinski definition) is 4. The van der Waals surface area contributed by atoms with Gasteiger partial charge in [-0.1, -0.05) is 6.42 Å². The molecule has 2 atom stereocenters. The van der Waals surface area contributed by atoms with Crippen LogP contribution in [0.15, 0.2) is 0 Å². The van der Waals surface area contributed by atoms with Gasteiger partial charge in [-0.2, -0.15) is 0 Å². The molecule has 0 aliphatic carbocycles. The molecule has 1 saturated heterocycles. The summed E-state index contributed by atoms with van der Waals surface area (Å²) in [7, 11) is -1.28. The highest BCUT2D eigenvalue weighted by Crippen LogP contribution is 2.34. The van der Waals surface area contributed by atoms with E-state index in [1.54, 1.807) is 6.92 Å². The Hall–Kier alpha value is -0.585. The van der Waals surface area contributed by atoms with E-state index < -0.39 is 18.5 Å². The Morgan fingerprint density at radius 1 is 1.60 bits per heavy atom. The molecule has 0 bridgehead atoms. The number of aliphatic carboxylic acids is 1. The molecule has 0 radical (unpaired) electrons. The lowest BCUT2D eigenvalue weighted by atomic mass is 9.75. The monoisotopic (exact) mass is 215 g/mol. The maximum Gasteiger partial charge on any atom is 0.451 e. The Morgan fingerprint density at radius 2 is 2.27 bits per heavy atom. The number of nitrogens with one attached hydrogen (secondary N) is 1. The summed E-state index contributed by atoms with van der Waals surface area (Å²) in [6.45, 7) is 2.94. The summed E-state index contributed by atoms with van der Waals surface area (Å²) in [6.07, 6.45) is 1.67. The molecule has 6 heteroatoms.